The molecule has 0 saturated carbocycles. The summed E-state index contributed by atoms with van der Waals surface area (Å²) in [5.74, 6) is 0. The highest BCUT2D eigenvalue weighted by atomic mass is 32.2. The van der Waals surface area contributed by atoms with Crippen molar-refractivity contribution in [3.05, 3.63) is 40.4 Å². The second kappa shape index (κ2) is 8.23. The topological polar surface area (TPSA) is 90.7 Å². The van der Waals surface area contributed by atoms with E-state index in [2.05, 4.69) is 0 Å². The largest absolute Gasteiger partial charge is 0.450 e. The Kier molecular flexibility index (Phi) is 6.27. The van der Waals surface area contributed by atoms with Gasteiger partial charge in [-0.15, -0.1) is 0 Å². The highest BCUT2D eigenvalue weighted by molar-refractivity contribution is 7.95. The Morgan fingerprint density at radius 3 is 2.42 bits per heavy atom. The van der Waals surface area contributed by atoms with Gasteiger partial charge in [-0.2, -0.15) is 5.26 Å². The third kappa shape index (κ3) is 4.35. The molecule has 1 aliphatic heterocycles. The summed E-state index contributed by atoms with van der Waals surface area (Å²) < 4.78 is 30.5. The number of hydrogen-bond acceptors (Lipinski definition) is 6. The predicted octanol–water partition coefficient (Wildman–Crippen LogP) is 2.22. The maximum Gasteiger partial charge on any atom is 0.409 e. The molecule has 1 saturated heterocycles. The SMILES string of the molecule is CCOC(=O)N1CCN(/C=C(\C#N)S(=O)(=O)c2ccc(C)c(C)c2)CC1. The van der Waals surface area contributed by atoms with Crippen molar-refractivity contribution in [1.82, 2.24) is 9.80 Å². The van der Waals surface area contributed by atoms with E-state index >= 15 is 0 Å². The molecule has 0 aromatic heterocycles. The number of rotatable bonds is 4. The summed E-state index contributed by atoms with van der Waals surface area (Å²) in [6.45, 7) is 7.49. The molecule has 0 aliphatic carbocycles. The van der Waals surface area contributed by atoms with Crippen molar-refractivity contribution < 1.29 is 17.9 Å². The van der Waals surface area contributed by atoms with E-state index in [9.17, 15) is 18.5 Å². The standard InChI is InChI=1S/C18H23N3O4S/c1-4-25-18(22)21-9-7-20(8-10-21)13-17(12-19)26(23,24)16-6-5-14(2)15(3)11-16/h5-6,11,13H,4,7-10H2,1-3H3/b17-13+. The van der Waals surface area contributed by atoms with Crippen molar-refractivity contribution in [3.63, 3.8) is 0 Å². The molecule has 1 aromatic rings. The number of carbonyl (C=O) groups is 1. The van der Waals surface area contributed by atoms with Crippen LogP contribution in [-0.4, -0.2) is 57.1 Å². The molecule has 0 atom stereocenters. The van der Waals surface area contributed by atoms with E-state index in [1.165, 1.54) is 12.3 Å². The molecule has 1 amide bonds. The molecular formula is C18H23N3O4S. The van der Waals surface area contributed by atoms with Gasteiger partial charge in [0.25, 0.3) is 0 Å². The Bertz CT molecular complexity index is 848. The number of carbonyl (C=O) groups excluding carboxylic acids is 1. The van der Waals surface area contributed by atoms with Crippen LogP contribution < -0.4 is 0 Å². The van der Waals surface area contributed by atoms with Gasteiger partial charge in [-0.1, -0.05) is 6.07 Å². The van der Waals surface area contributed by atoms with E-state index in [4.69, 9.17) is 4.74 Å². The third-order valence-electron chi connectivity index (χ3n) is 4.33. The summed E-state index contributed by atoms with van der Waals surface area (Å²) in [5.41, 5.74) is 1.84. The molecule has 0 spiro atoms. The maximum absolute atomic E-state index is 12.8. The zero-order chi connectivity index (χ0) is 19.3. The molecule has 7 nitrogen and oxygen atoms in total. The summed E-state index contributed by atoms with van der Waals surface area (Å²) in [7, 11) is -3.88. The van der Waals surface area contributed by atoms with Gasteiger partial charge in [0.2, 0.25) is 9.84 Å². The molecule has 2 rings (SSSR count). The van der Waals surface area contributed by atoms with Crippen LogP contribution >= 0.6 is 0 Å². The van der Waals surface area contributed by atoms with E-state index in [0.29, 0.717) is 32.8 Å². The quantitative estimate of drug-likeness (QED) is 0.747. The lowest BCUT2D eigenvalue weighted by molar-refractivity contribution is 0.0890. The number of ether oxygens (including phenoxy) is 1. The zero-order valence-electron chi connectivity index (χ0n) is 15.2. The fourth-order valence-electron chi connectivity index (χ4n) is 2.58. The van der Waals surface area contributed by atoms with Crippen LogP contribution in [0, 0.1) is 25.2 Å². The monoisotopic (exact) mass is 377 g/mol. The highest BCUT2D eigenvalue weighted by Gasteiger charge is 2.25. The first-order valence-electron chi connectivity index (χ1n) is 8.39. The second-order valence-electron chi connectivity index (χ2n) is 6.08. The van der Waals surface area contributed by atoms with Crippen LogP contribution in [0.2, 0.25) is 0 Å². The van der Waals surface area contributed by atoms with Crippen LogP contribution in [-0.2, 0) is 14.6 Å². The molecule has 1 aliphatic rings. The Balaban J connectivity index is 2.17. The molecule has 26 heavy (non-hydrogen) atoms. The van der Waals surface area contributed by atoms with Gasteiger partial charge in [0.15, 0.2) is 4.91 Å². The van der Waals surface area contributed by atoms with Gasteiger partial charge in [-0.25, -0.2) is 13.2 Å². The number of allylic oxidation sites excluding steroid dienone is 1. The lowest BCUT2D eigenvalue weighted by Gasteiger charge is -2.33. The van der Waals surface area contributed by atoms with Gasteiger partial charge in [-0.3, -0.25) is 0 Å². The smallest absolute Gasteiger partial charge is 0.409 e. The fourth-order valence-corrected chi connectivity index (χ4v) is 3.82. The minimum Gasteiger partial charge on any atom is -0.450 e. The number of aryl methyl sites for hydroxylation is 2. The lowest BCUT2D eigenvalue weighted by atomic mass is 10.1. The molecule has 8 heteroatoms. The number of piperazine rings is 1. The lowest BCUT2D eigenvalue weighted by Crippen LogP contribution is -2.47. The summed E-state index contributed by atoms with van der Waals surface area (Å²) in [6.07, 6.45) is 0.993. The van der Waals surface area contributed by atoms with Crippen LogP contribution in [0.4, 0.5) is 4.79 Å². The maximum atomic E-state index is 12.8. The number of hydrogen-bond donors (Lipinski definition) is 0. The number of nitrogens with zero attached hydrogens (tertiary/aromatic N) is 3. The normalized spacial score (nSPS) is 15.5. The Hall–Kier alpha value is -2.53. The Morgan fingerprint density at radius 2 is 1.88 bits per heavy atom. The van der Waals surface area contributed by atoms with Gasteiger partial charge in [-0.05, 0) is 44.0 Å². The van der Waals surface area contributed by atoms with Crippen LogP contribution in [0.1, 0.15) is 18.1 Å². The summed E-state index contributed by atoms with van der Waals surface area (Å²) >= 11 is 0. The zero-order valence-corrected chi connectivity index (χ0v) is 16.0. The molecule has 1 aromatic carbocycles. The van der Waals surface area contributed by atoms with Crippen molar-refractivity contribution in [2.24, 2.45) is 0 Å². The van der Waals surface area contributed by atoms with Gasteiger partial charge in [0, 0.05) is 32.4 Å². The van der Waals surface area contributed by atoms with Crippen molar-refractivity contribution in [2.45, 2.75) is 25.7 Å². The molecule has 0 unspecified atom stereocenters. The molecular weight excluding hydrogens is 354 g/mol. The van der Waals surface area contributed by atoms with Gasteiger partial charge in [0.1, 0.15) is 6.07 Å². The second-order valence-corrected chi connectivity index (χ2v) is 7.99. The predicted molar refractivity (Wildman–Crippen MR) is 97.0 cm³/mol. The number of nitriles is 1. The number of amides is 1. The molecule has 1 fully saturated rings. The van der Waals surface area contributed by atoms with Crippen LogP contribution in [0.25, 0.3) is 0 Å². The summed E-state index contributed by atoms with van der Waals surface area (Å²) in [4.78, 5) is 14.8. The van der Waals surface area contributed by atoms with Gasteiger partial charge >= 0.3 is 6.09 Å². The minimum absolute atomic E-state index is 0.110. The van der Waals surface area contributed by atoms with Crippen LogP contribution in [0.15, 0.2) is 34.2 Å². The van der Waals surface area contributed by atoms with Crippen LogP contribution in [0.5, 0.6) is 0 Å². The fraction of sp³-hybridized carbons (Fsp3) is 0.444. The minimum atomic E-state index is -3.88. The Morgan fingerprint density at radius 1 is 1.23 bits per heavy atom. The van der Waals surface area contributed by atoms with E-state index in [0.717, 1.165) is 11.1 Å². The van der Waals surface area contributed by atoms with E-state index in [1.807, 2.05) is 13.8 Å². The molecule has 140 valence electrons. The van der Waals surface area contributed by atoms with Crippen molar-refractivity contribution in [2.75, 3.05) is 32.8 Å². The average Bonchev–Trinajstić information content (AvgIpc) is 2.62. The van der Waals surface area contributed by atoms with E-state index in [-0.39, 0.29) is 15.9 Å². The molecule has 0 bridgehead atoms. The van der Waals surface area contributed by atoms with Gasteiger partial charge < -0.3 is 14.5 Å². The van der Waals surface area contributed by atoms with Crippen molar-refractivity contribution >= 4 is 15.9 Å². The highest BCUT2D eigenvalue weighted by Crippen LogP contribution is 2.22. The molecule has 0 radical (unpaired) electrons. The van der Waals surface area contributed by atoms with Crippen molar-refractivity contribution in [1.29, 1.82) is 5.26 Å². The summed E-state index contributed by atoms with van der Waals surface area (Å²) in [5, 5.41) is 9.38. The molecule has 0 N–H and O–H groups in total. The van der Waals surface area contributed by atoms with Crippen LogP contribution in [0.3, 0.4) is 0 Å². The first-order valence-corrected chi connectivity index (χ1v) is 9.88. The van der Waals surface area contributed by atoms with E-state index in [1.54, 1.807) is 34.9 Å². The average molecular weight is 377 g/mol. The number of benzene rings is 1. The number of sulfone groups is 1. The first kappa shape index (κ1) is 19.8. The van der Waals surface area contributed by atoms with Gasteiger partial charge in [0.05, 0.1) is 11.5 Å². The van der Waals surface area contributed by atoms with Crippen molar-refractivity contribution in [3.8, 4) is 6.07 Å². The molecule has 1 heterocycles. The third-order valence-corrected chi connectivity index (χ3v) is 5.98. The first-order chi connectivity index (χ1) is 12.3. The van der Waals surface area contributed by atoms with E-state index < -0.39 is 9.84 Å². The summed E-state index contributed by atoms with van der Waals surface area (Å²) in [6, 6.07) is 6.63. The Labute approximate surface area is 154 Å².